The highest BCUT2D eigenvalue weighted by Gasteiger charge is 2.28. The van der Waals surface area contributed by atoms with Gasteiger partial charge in [0, 0.05) is 31.7 Å². The Morgan fingerprint density at radius 1 is 1.06 bits per heavy atom. The van der Waals surface area contributed by atoms with E-state index in [0.29, 0.717) is 6.61 Å². The van der Waals surface area contributed by atoms with Gasteiger partial charge < -0.3 is 14.9 Å². The standard InChI is InChI=1S/C13H28N2O/c1-4-13(5-2,12-16)11-15-8-6-7-14(3)9-10-15/h16H,4-12H2,1-3H3. The van der Waals surface area contributed by atoms with Crippen LogP contribution in [0.1, 0.15) is 33.1 Å². The van der Waals surface area contributed by atoms with Crippen LogP contribution in [0.15, 0.2) is 0 Å². The van der Waals surface area contributed by atoms with Gasteiger partial charge in [-0.2, -0.15) is 0 Å². The Morgan fingerprint density at radius 3 is 2.31 bits per heavy atom. The second kappa shape index (κ2) is 6.58. The number of hydrogen-bond donors (Lipinski definition) is 1. The van der Waals surface area contributed by atoms with Crippen molar-refractivity contribution >= 4 is 0 Å². The fraction of sp³-hybridized carbons (Fsp3) is 1.00. The zero-order chi connectivity index (χ0) is 12.0. The van der Waals surface area contributed by atoms with Gasteiger partial charge >= 0.3 is 0 Å². The van der Waals surface area contributed by atoms with Gasteiger partial charge in [-0.1, -0.05) is 13.8 Å². The summed E-state index contributed by atoms with van der Waals surface area (Å²) in [4.78, 5) is 4.94. The van der Waals surface area contributed by atoms with Crippen LogP contribution in [0.4, 0.5) is 0 Å². The highest BCUT2D eigenvalue weighted by molar-refractivity contribution is 4.81. The molecule has 1 N–H and O–H groups in total. The molecule has 0 aromatic carbocycles. The van der Waals surface area contributed by atoms with Crippen LogP contribution >= 0.6 is 0 Å². The minimum atomic E-state index is 0.128. The van der Waals surface area contributed by atoms with Crippen LogP contribution in [0.3, 0.4) is 0 Å². The van der Waals surface area contributed by atoms with Crippen molar-refractivity contribution in [2.75, 3.05) is 46.4 Å². The average molecular weight is 228 g/mol. The van der Waals surface area contributed by atoms with E-state index in [1.165, 1.54) is 19.5 Å². The average Bonchev–Trinajstić information content (AvgIpc) is 2.51. The number of aliphatic hydroxyl groups excluding tert-OH is 1. The summed E-state index contributed by atoms with van der Waals surface area (Å²) in [6, 6.07) is 0. The maximum absolute atomic E-state index is 9.59. The molecule has 0 atom stereocenters. The molecule has 0 saturated carbocycles. The highest BCUT2D eigenvalue weighted by Crippen LogP contribution is 2.27. The summed E-state index contributed by atoms with van der Waals surface area (Å²) in [7, 11) is 2.20. The third kappa shape index (κ3) is 3.72. The van der Waals surface area contributed by atoms with Gasteiger partial charge in [0.05, 0.1) is 0 Å². The lowest BCUT2D eigenvalue weighted by molar-refractivity contribution is 0.0673. The van der Waals surface area contributed by atoms with Gasteiger partial charge in [-0.15, -0.1) is 0 Å². The molecule has 1 aliphatic rings. The fourth-order valence-electron chi connectivity index (χ4n) is 2.48. The normalized spacial score (nSPS) is 21.0. The number of hydrogen-bond acceptors (Lipinski definition) is 3. The summed E-state index contributed by atoms with van der Waals surface area (Å²) in [6.07, 6.45) is 3.41. The molecule has 96 valence electrons. The molecule has 1 fully saturated rings. The number of aliphatic hydroxyl groups is 1. The molecule has 0 aromatic rings. The van der Waals surface area contributed by atoms with E-state index in [9.17, 15) is 5.11 Å². The molecule has 1 saturated heterocycles. The lowest BCUT2D eigenvalue weighted by Gasteiger charge is -2.35. The minimum absolute atomic E-state index is 0.128. The van der Waals surface area contributed by atoms with E-state index < -0.39 is 0 Å². The quantitative estimate of drug-likeness (QED) is 0.771. The fourth-order valence-corrected chi connectivity index (χ4v) is 2.48. The SMILES string of the molecule is CCC(CC)(CO)CN1CCCN(C)CC1. The van der Waals surface area contributed by atoms with Crippen molar-refractivity contribution in [3.05, 3.63) is 0 Å². The van der Waals surface area contributed by atoms with Gasteiger partial charge in [-0.3, -0.25) is 0 Å². The molecule has 3 heteroatoms. The molecule has 3 nitrogen and oxygen atoms in total. The Kier molecular flexibility index (Phi) is 5.73. The van der Waals surface area contributed by atoms with Crippen LogP contribution in [-0.2, 0) is 0 Å². The summed E-state index contributed by atoms with van der Waals surface area (Å²) in [5.74, 6) is 0. The first-order valence-corrected chi connectivity index (χ1v) is 6.67. The number of nitrogens with zero attached hydrogens (tertiary/aromatic N) is 2. The van der Waals surface area contributed by atoms with Crippen LogP contribution in [0.5, 0.6) is 0 Å². The molecule has 1 heterocycles. The third-order valence-electron chi connectivity index (χ3n) is 4.21. The predicted octanol–water partition coefficient (Wildman–Crippen LogP) is 1.42. The van der Waals surface area contributed by atoms with Crippen molar-refractivity contribution < 1.29 is 5.11 Å². The van der Waals surface area contributed by atoms with Crippen molar-refractivity contribution in [2.45, 2.75) is 33.1 Å². The van der Waals surface area contributed by atoms with Crippen LogP contribution in [0, 0.1) is 5.41 Å². The van der Waals surface area contributed by atoms with Crippen molar-refractivity contribution in [3.8, 4) is 0 Å². The van der Waals surface area contributed by atoms with Crippen LogP contribution < -0.4 is 0 Å². The summed E-state index contributed by atoms with van der Waals surface area (Å²) >= 11 is 0. The van der Waals surface area contributed by atoms with E-state index >= 15 is 0 Å². The number of rotatable bonds is 5. The van der Waals surface area contributed by atoms with Gasteiger partial charge in [0.15, 0.2) is 0 Å². The molecule has 0 aromatic heterocycles. The van der Waals surface area contributed by atoms with E-state index in [1.54, 1.807) is 0 Å². The zero-order valence-electron chi connectivity index (χ0n) is 11.2. The third-order valence-corrected chi connectivity index (χ3v) is 4.21. The predicted molar refractivity (Wildman–Crippen MR) is 68.7 cm³/mol. The molecule has 0 radical (unpaired) electrons. The molecule has 1 aliphatic heterocycles. The molecule has 0 unspecified atom stereocenters. The maximum Gasteiger partial charge on any atom is 0.0499 e. The van der Waals surface area contributed by atoms with E-state index in [-0.39, 0.29) is 5.41 Å². The molecule has 16 heavy (non-hydrogen) atoms. The first kappa shape index (κ1) is 13.9. The first-order valence-electron chi connectivity index (χ1n) is 6.67. The van der Waals surface area contributed by atoms with Gasteiger partial charge in [0.2, 0.25) is 0 Å². The van der Waals surface area contributed by atoms with Crippen molar-refractivity contribution in [1.82, 2.24) is 9.80 Å². The maximum atomic E-state index is 9.59. The van der Waals surface area contributed by atoms with Gasteiger partial charge in [-0.05, 0) is 39.4 Å². The van der Waals surface area contributed by atoms with Crippen LogP contribution in [0.25, 0.3) is 0 Å². The van der Waals surface area contributed by atoms with Crippen molar-refractivity contribution in [3.63, 3.8) is 0 Å². The van der Waals surface area contributed by atoms with Gasteiger partial charge in [0.1, 0.15) is 0 Å². The van der Waals surface area contributed by atoms with Gasteiger partial charge in [-0.25, -0.2) is 0 Å². The highest BCUT2D eigenvalue weighted by atomic mass is 16.3. The van der Waals surface area contributed by atoms with Crippen molar-refractivity contribution in [2.24, 2.45) is 5.41 Å². The van der Waals surface area contributed by atoms with E-state index in [4.69, 9.17) is 0 Å². The molecular weight excluding hydrogens is 200 g/mol. The number of likely N-dealkylation sites (N-methyl/N-ethyl adjacent to an activating group) is 1. The van der Waals surface area contributed by atoms with Crippen LogP contribution in [-0.4, -0.2) is 61.3 Å². The van der Waals surface area contributed by atoms with E-state index in [2.05, 4.69) is 30.7 Å². The second-order valence-electron chi connectivity index (χ2n) is 5.30. The molecule has 1 rings (SSSR count). The lowest BCUT2D eigenvalue weighted by Crippen LogP contribution is -2.41. The Labute approximate surface area is 100 Å². The first-order chi connectivity index (χ1) is 7.65. The van der Waals surface area contributed by atoms with E-state index in [0.717, 1.165) is 32.5 Å². The Bertz CT molecular complexity index is 184. The minimum Gasteiger partial charge on any atom is -0.396 e. The molecule has 0 amide bonds. The second-order valence-corrected chi connectivity index (χ2v) is 5.30. The van der Waals surface area contributed by atoms with Gasteiger partial charge in [0.25, 0.3) is 0 Å². The molecule has 0 bridgehead atoms. The zero-order valence-corrected chi connectivity index (χ0v) is 11.2. The van der Waals surface area contributed by atoms with Crippen LogP contribution in [0.2, 0.25) is 0 Å². The monoisotopic (exact) mass is 228 g/mol. The summed E-state index contributed by atoms with van der Waals surface area (Å²) in [5.41, 5.74) is 0.128. The summed E-state index contributed by atoms with van der Waals surface area (Å²) < 4.78 is 0. The largest absolute Gasteiger partial charge is 0.396 e. The Hall–Kier alpha value is -0.120. The Morgan fingerprint density at radius 2 is 1.75 bits per heavy atom. The summed E-state index contributed by atoms with van der Waals surface area (Å²) in [6.45, 7) is 10.5. The van der Waals surface area contributed by atoms with E-state index in [1.807, 2.05) is 0 Å². The molecule has 0 aliphatic carbocycles. The summed E-state index contributed by atoms with van der Waals surface area (Å²) in [5, 5.41) is 9.59. The molecule has 0 spiro atoms. The van der Waals surface area contributed by atoms with Crippen molar-refractivity contribution in [1.29, 1.82) is 0 Å². The Balaban J connectivity index is 2.50. The smallest absolute Gasteiger partial charge is 0.0499 e. The topological polar surface area (TPSA) is 26.7 Å². The lowest BCUT2D eigenvalue weighted by atomic mass is 9.82. The molecular formula is C13H28N2O.